The standard InChI is InChI=1S/C20H15ClF3NO2S/c1-13-5-6-16(10-20(13)24)25(12-14-3-2-4-15(22)9-14)28(26,27)17-7-8-19(23)18(21)11-17/h2-11H,12H2,1H3. The van der Waals surface area contributed by atoms with Gasteiger partial charge in [0.05, 0.1) is 22.2 Å². The lowest BCUT2D eigenvalue weighted by Crippen LogP contribution is -2.30. The van der Waals surface area contributed by atoms with Crippen LogP contribution in [0.1, 0.15) is 11.1 Å². The highest BCUT2D eigenvalue weighted by atomic mass is 35.5. The average molecular weight is 426 g/mol. The second-order valence-corrected chi connectivity index (χ2v) is 8.42. The Hall–Kier alpha value is -2.51. The zero-order chi connectivity index (χ0) is 20.5. The molecule has 3 rings (SSSR count). The zero-order valence-corrected chi connectivity index (χ0v) is 16.2. The third-order valence-electron chi connectivity index (χ3n) is 4.14. The summed E-state index contributed by atoms with van der Waals surface area (Å²) in [7, 11) is -4.24. The van der Waals surface area contributed by atoms with Gasteiger partial charge < -0.3 is 0 Å². The minimum Gasteiger partial charge on any atom is -0.262 e. The first kappa shape index (κ1) is 20.2. The maximum absolute atomic E-state index is 14.1. The molecule has 0 saturated heterocycles. The highest BCUT2D eigenvalue weighted by molar-refractivity contribution is 7.92. The molecule has 3 aromatic rings. The summed E-state index contributed by atoms with van der Waals surface area (Å²) < 4.78 is 68.5. The van der Waals surface area contributed by atoms with Gasteiger partial charge in [-0.2, -0.15) is 0 Å². The maximum atomic E-state index is 14.1. The van der Waals surface area contributed by atoms with Gasteiger partial charge in [-0.1, -0.05) is 29.8 Å². The number of rotatable bonds is 5. The number of hydrogen-bond donors (Lipinski definition) is 0. The van der Waals surface area contributed by atoms with Gasteiger partial charge in [0.1, 0.15) is 17.5 Å². The lowest BCUT2D eigenvalue weighted by Gasteiger charge is -2.25. The van der Waals surface area contributed by atoms with E-state index in [-0.39, 0.29) is 22.2 Å². The molecule has 0 fully saturated rings. The van der Waals surface area contributed by atoms with E-state index in [4.69, 9.17) is 11.6 Å². The topological polar surface area (TPSA) is 37.4 Å². The van der Waals surface area contributed by atoms with E-state index in [0.29, 0.717) is 11.1 Å². The molecule has 0 aliphatic heterocycles. The highest BCUT2D eigenvalue weighted by Gasteiger charge is 2.27. The van der Waals surface area contributed by atoms with E-state index >= 15 is 0 Å². The number of halogens is 4. The monoisotopic (exact) mass is 425 g/mol. The van der Waals surface area contributed by atoms with E-state index in [1.807, 2.05) is 0 Å². The molecule has 0 radical (unpaired) electrons. The molecule has 28 heavy (non-hydrogen) atoms. The van der Waals surface area contributed by atoms with E-state index in [2.05, 4.69) is 0 Å². The van der Waals surface area contributed by atoms with Gasteiger partial charge in [-0.25, -0.2) is 21.6 Å². The summed E-state index contributed by atoms with van der Waals surface area (Å²) in [5.74, 6) is -1.89. The predicted molar refractivity (Wildman–Crippen MR) is 102 cm³/mol. The number of nitrogens with zero attached hydrogens (tertiary/aromatic N) is 1. The van der Waals surface area contributed by atoms with Gasteiger partial charge in [0, 0.05) is 0 Å². The van der Waals surface area contributed by atoms with E-state index in [0.717, 1.165) is 28.6 Å². The van der Waals surface area contributed by atoms with E-state index in [1.165, 1.54) is 30.3 Å². The molecule has 0 bridgehead atoms. The molecule has 0 N–H and O–H groups in total. The molecule has 0 atom stereocenters. The van der Waals surface area contributed by atoms with Crippen molar-refractivity contribution in [3.8, 4) is 0 Å². The summed E-state index contributed by atoms with van der Waals surface area (Å²) in [6, 6.07) is 12.4. The third-order valence-corrected chi connectivity index (χ3v) is 6.20. The number of anilines is 1. The molecular formula is C20H15ClF3NO2S. The summed E-state index contributed by atoms with van der Waals surface area (Å²) in [6.07, 6.45) is 0. The normalized spacial score (nSPS) is 11.5. The third kappa shape index (κ3) is 4.15. The first-order valence-corrected chi connectivity index (χ1v) is 9.98. The largest absolute Gasteiger partial charge is 0.264 e. The quantitative estimate of drug-likeness (QED) is 0.544. The second-order valence-electron chi connectivity index (χ2n) is 6.15. The Bertz CT molecular complexity index is 1140. The van der Waals surface area contributed by atoms with Crippen molar-refractivity contribution in [3.63, 3.8) is 0 Å². The molecule has 0 aromatic heterocycles. The summed E-state index contributed by atoms with van der Waals surface area (Å²) in [5.41, 5.74) is 0.752. The summed E-state index contributed by atoms with van der Waals surface area (Å²) >= 11 is 5.73. The van der Waals surface area contributed by atoms with E-state index in [9.17, 15) is 21.6 Å². The molecule has 8 heteroatoms. The van der Waals surface area contributed by atoms with E-state index in [1.54, 1.807) is 13.0 Å². The van der Waals surface area contributed by atoms with Crippen molar-refractivity contribution in [2.45, 2.75) is 18.4 Å². The highest BCUT2D eigenvalue weighted by Crippen LogP contribution is 2.29. The molecule has 0 heterocycles. The van der Waals surface area contributed by atoms with Gasteiger partial charge in [-0.15, -0.1) is 0 Å². The van der Waals surface area contributed by atoms with Crippen molar-refractivity contribution < 1.29 is 21.6 Å². The van der Waals surface area contributed by atoms with Crippen molar-refractivity contribution >= 4 is 27.3 Å². The van der Waals surface area contributed by atoms with Crippen LogP contribution in [0.3, 0.4) is 0 Å². The Morgan fingerprint density at radius 2 is 1.68 bits per heavy atom. The number of aryl methyl sites for hydroxylation is 1. The molecule has 0 amide bonds. The van der Waals surface area contributed by atoms with Crippen molar-refractivity contribution in [1.29, 1.82) is 0 Å². The summed E-state index contributed by atoms with van der Waals surface area (Å²) in [5, 5.41) is -0.359. The number of benzene rings is 3. The maximum Gasteiger partial charge on any atom is 0.264 e. The number of sulfonamides is 1. The first-order valence-electron chi connectivity index (χ1n) is 8.17. The molecule has 3 nitrogen and oxygen atoms in total. The van der Waals surface area contributed by atoms with Crippen LogP contribution in [0.4, 0.5) is 18.9 Å². The van der Waals surface area contributed by atoms with Crippen LogP contribution in [0.15, 0.2) is 65.6 Å². The SMILES string of the molecule is Cc1ccc(N(Cc2cccc(F)c2)S(=O)(=O)c2ccc(F)c(Cl)c2)cc1F. The van der Waals surface area contributed by atoms with Crippen molar-refractivity contribution in [2.75, 3.05) is 4.31 Å². The van der Waals surface area contributed by atoms with E-state index < -0.39 is 27.5 Å². The Labute approximate surface area is 166 Å². The molecule has 0 spiro atoms. The molecule has 3 aromatic carbocycles. The van der Waals surface area contributed by atoms with Crippen molar-refractivity contribution in [3.05, 3.63) is 94.3 Å². The Balaban J connectivity index is 2.13. The fourth-order valence-corrected chi connectivity index (χ4v) is 4.33. The van der Waals surface area contributed by atoms with Crippen LogP contribution < -0.4 is 4.31 Å². The second kappa shape index (κ2) is 7.85. The number of hydrogen-bond acceptors (Lipinski definition) is 2. The molecule has 0 unspecified atom stereocenters. The van der Waals surface area contributed by atoms with Crippen LogP contribution >= 0.6 is 11.6 Å². The first-order chi connectivity index (χ1) is 13.2. The van der Waals surface area contributed by atoms with Gasteiger partial charge in [0.25, 0.3) is 10.0 Å². The fraction of sp³-hybridized carbons (Fsp3) is 0.100. The van der Waals surface area contributed by atoms with Crippen LogP contribution in [-0.4, -0.2) is 8.42 Å². The Morgan fingerprint density at radius 3 is 2.32 bits per heavy atom. The van der Waals surface area contributed by atoms with Gasteiger partial charge >= 0.3 is 0 Å². The van der Waals surface area contributed by atoms with Crippen LogP contribution in [-0.2, 0) is 16.6 Å². The van der Waals surface area contributed by atoms with Gasteiger partial charge in [-0.05, 0) is 60.5 Å². The lowest BCUT2D eigenvalue weighted by molar-refractivity contribution is 0.587. The molecule has 0 saturated carbocycles. The zero-order valence-electron chi connectivity index (χ0n) is 14.7. The molecule has 146 valence electrons. The van der Waals surface area contributed by atoms with Crippen LogP contribution in [0.2, 0.25) is 5.02 Å². The Morgan fingerprint density at radius 1 is 0.929 bits per heavy atom. The summed E-state index contributed by atoms with van der Waals surface area (Å²) in [6.45, 7) is 1.29. The van der Waals surface area contributed by atoms with Crippen LogP contribution in [0.25, 0.3) is 0 Å². The van der Waals surface area contributed by atoms with Gasteiger partial charge in [0.2, 0.25) is 0 Å². The minimum absolute atomic E-state index is 0.0489. The van der Waals surface area contributed by atoms with Crippen LogP contribution in [0, 0.1) is 24.4 Å². The van der Waals surface area contributed by atoms with Crippen LogP contribution in [0.5, 0.6) is 0 Å². The molecule has 0 aliphatic carbocycles. The minimum atomic E-state index is -4.24. The molecule has 0 aliphatic rings. The summed E-state index contributed by atoms with van der Waals surface area (Å²) in [4.78, 5) is -0.267. The van der Waals surface area contributed by atoms with Gasteiger partial charge in [-0.3, -0.25) is 4.31 Å². The fourth-order valence-electron chi connectivity index (χ4n) is 2.62. The smallest absolute Gasteiger partial charge is 0.262 e. The molecular weight excluding hydrogens is 411 g/mol. The Kier molecular flexibility index (Phi) is 5.67. The predicted octanol–water partition coefficient (Wildman–Crippen LogP) is 5.46. The lowest BCUT2D eigenvalue weighted by atomic mass is 10.2. The average Bonchev–Trinajstić information content (AvgIpc) is 2.64. The van der Waals surface area contributed by atoms with Crippen molar-refractivity contribution in [1.82, 2.24) is 0 Å². The van der Waals surface area contributed by atoms with Gasteiger partial charge in [0.15, 0.2) is 0 Å². The van der Waals surface area contributed by atoms with Crippen molar-refractivity contribution in [2.24, 2.45) is 0 Å².